The van der Waals surface area contributed by atoms with Crippen LogP contribution in [0.3, 0.4) is 0 Å². The van der Waals surface area contributed by atoms with Gasteiger partial charge in [-0.25, -0.2) is 0 Å². The molecule has 6 heteroatoms. The monoisotopic (exact) mass is 224 g/mol. The predicted octanol–water partition coefficient (Wildman–Crippen LogP) is 0.148. The Labute approximate surface area is 93.5 Å². The topological polar surface area (TPSA) is 93.0 Å². The molecule has 1 aliphatic carbocycles. The Kier molecular flexibility index (Phi) is 3.40. The minimum Gasteiger partial charge on any atom is -0.396 e. The second-order valence-electron chi connectivity index (χ2n) is 3.97. The summed E-state index contributed by atoms with van der Waals surface area (Å²) in [6, 6.07) is 0. The van der Waals surface area contributed by atoms with E-state index in [2.05, 4.69) is 15.5 Å². The van der Waals surface area contributed by atoms with E-state index in [9.17, 15) is 4.79 Å². The van der Waals surface area contributed by atoms with E-state index in [1.54, 1.807) is 0 Å². The van der Waals surface area contributed by atoms with Crippen LogP contribution in [0.15, 0.2) is 6.20 Å². The highest BCUT2D eigenvalue weighted by Gasteiger charge is 2.20. The molecular formula is C10H16N4O2. The molecule has 0 bridgehead atoms. The number of aromatic nitrogens is 2. The van der Waals surface area contributed by atoms with E-state index >= 15 is 0 Å². The molecule has 1 heterocycles. The molecule has 1 aromatic rings. The number of nitrogen functional groups attached to an aromatic ring is 1. The lowest BCUT2D eigenvalue weighted by molar-refractivity contribution is 0.0902. The number of aromatic amines is 1. The van der Waals surface area contributed by atoms with Crippen LogP contribution in [0.25, 0.3) is 0 Å². The summed E-state index contributed by atoms with van der Waals surface area (Å²) < 4.78 is 5.38. The van der Waals surface area contributed by atoms with Gasteiger partial charge in [-0.3, -0.25) is 9.89 Å². The second kappa shape index (κ2) is 4.98. The van der Waals surface area contributed by atoms with Gasteiger partial charge in [0.1, 0.15) is 5.69 Å². The maximum absolute atomic E-state index is 11.5. The third-order valence-corrected chi connectivity index (χ3v) is 2.48. The van der Waals surface area contributed by atoms with E-state index in [-0.39, 0.29) is 5.91 Å². The van der Waals surface area contributed by atoms with E-state index in [0.29, 0.717) is 24.5 Å². The lowest BCUT2D eigenvalue weighted by Crippen LogP contribution is -2.28. The van der Waals surface area contributed by atoms with Crippen LogP contribution in [-0.2, 0) is 4.74 Å². The van der Waals surface area contributed by atoms with Gasteiger partial charge < -0.3 is 15.8 Å². The molecule has 88 valence electrons. The normalized spacial score (nSPS) is 15.0. The molecule has 0 aromatic carbocycles. The number of rotatable bonds is 6. The van der Waals surface area contributed by atoms with Crippen molar-refractivity contribution in [3.63, 3.8) is 0 Å². The summed E-state index contributed by atoms with van der Waals surface area (Å²) in [6.07, 6.45) is 3.96. The molecule has 1 fully saturated rings. The number of hydrogen-bond donors (Lipinski definition) is 3. The zero-order valence-electron chi connectivity index (χ0n) is 9.03. The molecular weight excluding hydrogens is 208 g/mol. The number of carbonyl (C=O) groups is 1. The van der Waals surface area contributed by atoms with E-state index in [0.717, 1.165) is 12.5 Å². The number of anilines is 1. The molecule has 0 saturated heterocycles. The lowest BCUT2D eigenvalue weighted by Gasteiger charge is -2.05. The second-order valence-corrected chi connectivity index (χ2v) is 3.97. The summed E-state index contributed by atoms with van der Waals surface area (Å²) in [5.74, 6) is 0.504. The number of H-pyrrole nitrogens is 1. The van der Waals surface area contributed by atoms with E-state index in [1.165, 1.54) is 19.0 Å². The van der Waals surface area contributed by atoms with Crippen molar-refractivity contribution in [1.29, 1.82) is 0 Å². The van der Waals surface area contributed by atoms with Crippen molar-refractivity contribution in [3.8, 4) is 0 Å². The number of hydrogen-bond acceptors (Lipinski definition) is 4. The Balaban J connectivity index is 1.61. The third-order valence-electron chi connectivity index (χ3n) is 2.48. The van der Waals surface area contributed by atoms with Crippen LogP contribution in [0.1, 0.15) is 23.3 Å². The van der Waals surface area contributed by atoms with Crippen LogP contribution in [0.2, 0.25) is 0 Å². The molecule has 2 rings (SSSR count). The van der Waals surface area contributed by atoms with Crippen LogP contribution < -0.4 is 11.1 Å². The Morgan fingerprint density at radius 3 is 3.12 bits per heavy atom. The van der Waals surface area contributed by atoms with Crippen molar-refractivity contribution in [2.75, 3.05) is 25.5 Å². The van der Waals surface area contributed by atoms with Gasteiger partial charge in [0, 0.05) is 13.2 Å². The molecule has 1 aromatic heterocycles. The summed E-state index contributed by atoms with van der Waals surface area (Å²) in [4.78, 5) is 11.5. The first-order chi connectivity index (χ1) is 7.77. The average Bonchev–Trinajstić information content (AvgIpc) is 2.99. The number of ether oxygens (including phenoxy) is 1. The van der Waals surface area contributed by atoms with Crippen molar-refractivity contribution in [3.05, 3.63) is 11.9 Å². The van der Waals surface area contributed by atoms with Crippen molar-refractivity contribution in [2.45, 2.75) is 12.8 Å². The van der Waals surface area contributed by atoms with Crippen molar-refractivity contribution in [1.82, 2.24) is 15.5 Å². The van der Waals surface area contributed by atoms with Crippen LogP contribution in [0, 0.1) is 5.92 Å². The summed E-state index contributed by atoms with van der Waals surface area (Å²) in [5, 5.41) is 8.93. The zero-order valence-corrected chi connectivity index (χ0v) is 9.03. The van der Waals surface area contributed by atoms with Crippen LogP contribution in [0.5, 0.6) is 0 Å². The summed E-state index contributed by atoms with van der Waals surface area (Å²) in [7, 11) is 0. The highest BCUT2D eigenvalue weighted by atomic mass is 16.5. The molecule has 0 spiro atoms. The van der Waals surface area contributed by atoms with Crippen molar-refractivity contribution < 1.29 is 9.53 Å². The maximum Gasteiger partial charge on any atom is 0.271 e. The van der Waals surface area contributed by atoms with Gasteiger partial charge in [-0.15, -0.1) is 0 Å². The van der Waals surface area contributed by atoms with Crippen molar-refractivity contribution in [2.24, 2.45) is 5.92 Å². The molecule has 16 heavy (non-hydrogen) atoms. The molecule has 0 aliphatic heterocycles. The number of nitrogens with one attached hydrogen (secondary N) is 2. The third kappa shape index (κ3) is 2.96. The fraction of sp³-hybridized carbons (Fsp3) is 0.600. The maximum atomic E-state index is 11.5. The summed E-state index contributed by atoms with van der Waals surface area (Å²) in [6.45, 7) is 1.84. The SMILES string of the molecule is Nc1cn[nH]c1C(=O)NCCOCC1CC1. The molecule has 0 radical (unpaired) electrons. The molecule has 1 saturated carbocycles. The molecule has 1 amide bonds. The molecule has 4 N–H and O–H groups in total. The van der Waals surface area contributed by atoms with Crippen molar-refractivity contribution >= 4 is 11.6 Å². The lowest BCUT2D eigenvalue weighted by atomic mass is 10.3. The Morgan fingerprint density at radius 1 is 1.69 bits per heavy atom. The fourth-order valence-electron chi connectivity index (χ4n) is 1.34. The first-order valence-corrected chi connectivity index (χ1v) is 5.42. The first kappa shape index (κ1) is 10.9. The smallest absolute Gasteiger partial charge is 0.271 e. The van der Waals surface area contributed by atoms with Gasteiger partial charge in [0.25, 0.3) is 5.91 Å². The fourth-order valence-corrected chi connectivity index (χ4v) is 1.34. The number of amides is 1. The average molecular weight is 224 g/mol. The highest BCUT2D eigenvalue weighted by Crippen LogP contribution is 2.28. The first-order valence-electron chi connectivity index (χ1n) is 5.42. The molecule has 1 aliphatic rings. The Morgan fingerprint density at radius 2 is 2.50 bits per heavy atom. The van der Waals surface area contributed by atoms with Crippen LogP contribution in [-0.4, -0.2) is 35.9 Å². The summed E-state index contributed by atoms with van der Waals surface area (Å²) >= 11 is 0. The van der Waals surface area contributed by atoms with Crippen LogP contribution >= 0.6 is 0 Å². The van der Waals surface area contributed by atoms with Gasteiger partial charge in [-0.2, -0.15) is 5.10 Å². The van der Waals surface area contributed by atoms with E-state index in [4.69, 9.17) is 10.5 Å². The van der Waals surface area contributed by atoms with Gasteiger partial charge in [0.05, 0.1) is 18.5 Å². The van der Waals surface area contributed by atoms with Gasteiger partial charge in [0.2, 0.25) is 0 Å². The number of nitrogens with zero attached hydrogens (tertiary/aromatic N) is 1. The zero-order chi connectivity index (χ0) is 11.4. The Hall–Kier alpha value is -1.56. The minimum absolute atomic E-state index is 0.245. The quantitative estimate of drug-likeness (QED) is 0.599. The standard InChI is InChI=1S/C10H16N4O2/c11-8-5-13-14-9(8)10(15)12-3-4-16-6-7-1-2-7/h5,7H,1-4,6,11H2,(H,12,15)(H,13,14). The largest absolute Gasteiger partial charge is 0.396 e. The van der Waals surface area contributed by atoms with Gasteiger partial charge in [0.15, 0.2) is 0 Å². The minimum atomic E-state index is -0.245. The molecule has 6 nitrogen and oxygen atoms in total. The predicted molar refractivity (Wildman–Crippen MR) is 58.9 cm³/mol. The highest BCUT2D eigenvalue weighted by molar-refractivity contribution is 5.96. The molecule has 0 unspecified atom stereocenters. The number of nitrogens with two attached hydrogens (primary N) is 1. The van der Waals surface area contributed by atoms with E-state index < -0.39 is 0 Å². The van der Waals surface area contributed by atoms with Gasteiger partial charge in [-0.1, -0.05) is 0 Å². The Bertz CT molecular complexity index is 359. The van der Waals surface area contributed by atoms with Gasteiger partial charge in [-0.05, 0) is 18.8 Å². The summed E-state index contributed by atoms with van der Waals surface area (Å²) in [5.41, 5.74) is 6.20. The number of carbonyl (C=O) groups excluding carboxylic acids is 1. The van der Waals surface area contributed by atoms with E-state index in [1.807, 2.05) is 0 Å². The van der Waals surface area contributed by atoms with Crippen LogP contribution in [0.4, 0.5) is 5.69 Å². The van der Waals surface area contributed by atoms with Gasteiger partial charge >= 0.3 is 0 Å². The molecule has 0 atom stereocenters.